The summed E-state index contributed by atoms with van der Waals surface area (Å²) in [6.07, 6.45) is 2.82. The van der Waals surface area contributed by atoms with E-state index in [4.69, 9.17) is 4.74 Å². The maximum atomic E-state index is 5.45. The Morgan fingerprint density at radius 3 is 2.70 bits per heavy atom. The van der Waals surface area contributed by atoms with Crippen LogP contribution in [0.2, 0.25) is 0 Å². The van der Waals surface area contributed by atoms with E-state index in [1.807, 2.05) is 18.3 Å². The normalized spacial score (nSPS) is 11.6. The molecule has 0 unspecified atom stereocenters. The Hall–Kier alpha value is -1.78. The van der Waals surface area contributed by atoms with Gasteiger partial charge < -0.3 is 15.4 Å². The Kier molecular flexibility index (Phi) is 7.47. The lowest BCUT2D eigenvalue weighted by Gasteiger charge is -2.13. The molecule has 0 saturated carbocycles. The first-order chi connectivity index (χ1) is 9.65. The fourth-order valence-corrected chi connectivity index (χ4v) is 1.51. The summed E-state index contributed by atoms with van der Waals surface area (Å²) >= 11 is 0. The molecule has 0 aliphatic heterocycles. The van der Waals surface area contributed by atoms with Crippen LogP contribution in [-0.4, -0.2) is 31.1 Å². The fourth-order valence-electron chi connectivity index (χ4n) is 1.51. The number of hydrogen-bond donors (Lipinski definition) is 2. The first kappa shape index (κ1) is 16.3. The molecule has 1 heterocycles. The number of hydrogen-bond acceptors (Lipinski definition) is 3. The van der Waals surface area contributed by atoms with Gasteiger partial charge in [-0.2, -0.15) is 0 Å². The molecule has 1 aromatic heterocycles. The van der Waals surface area contributed by atoms with Crippen LogP contribution in [0.1, 0.15) is 32.8 Å². The minimum absolute atomic E-state index is 0.588. The third kappa shape index (κ3) is 6.41. The molecular formula is C15H26N4O. The lowest BCUT2D eigenvalue weighted by Crippen LogP contribution is -2.38. The average molecular weight is 278 g/mol. The highest BCUT2D eigenvalue weighted by Crippen LogP contribution is 2.07. The lowest BCUT2D eigenvalue weighted by molar-refractivity contribution is 0.305. The number of guanidine groups is 1. The van der Waals surface area contributed by atoms with Gasteiger partial charge in [0.25, 0.3) is 0 Å². The molecule has 0 aromatic carbocycles. The van der Waals surface area contributed by atoms with Crippen LogP contribution in [0.4, 0.5) is 0 Å². The molecule has 0 aliphatic rings. The van der Waals surface area contributed by atoms with Crippen molar-refractivity contribution in [3.63, 3.8) is 0 Å². The van der Waals surface area contributed by atoms with Crippen molar-refractivity contribution in [3.05, 3.63) is 23.9 Å². The van der Waals surface area contributed by atoms with Gasteiger partial charge in [-0.1, -0.05) is 26.8 Å². The molecule has 1 rings (SSSR count). The second-order valence-electron chi connectivity index (χ2n) is 5.05. The number of pyridine rings is 1. The van der Waals surface area contributed by atoms with Crippen LogP contribution < -0.4 is 15.4 Å². The predicted octanol–water partition coefficient (Wildman–Crippen LogP) is 2.19. The van der Waals surface area contributed by atoms with Crippen molar-refractivity contribution < 1.29 is 4.74 Å². The van der Waals surface area contributed by atoms with Crippen LogP contribution in [0.15, 0.2) is 23.3 Å². The van der Waals surface area contributed by atoms with E-state index in [1.54, 1.807) is 7.05 Å². The van der Waals surface area contributed by atoms with Crippen molar-refractivity contribution in [3.8, 4) is 5.88 Å². The highest BCUT2D eigenvalue weighted by atomic mass is 16.5. The van der Waals surface area contributed by atoms with Gasteiger partial charge >= 0.3 is 0 Å². The van der Waals surface area contributed by atoms with Crippen molar-refractivity contribution in [1.29, 1.82) is 0 Å². The van der Waals surface area contributed by atoms with Crippen molar-refractivity contribution in [2.75, 3.05) is 20.2 Å². The van der Waals surface area contributed by atoms with Gasteiger partial charge in [-0.15, -0.1) is 0 Å². The summed E-state index contributed by atoms with van der Waals surface area (Å²) in [6.45, 7) is 8.71. The van der Waals surface area contributed by atoms with Gasteiger partial charge in [0.1, 0.15) is 0 Å². The lowest BCUT2D eigenvalue weighted by atomic mass is 10.2. The molecule has 5 heteroatoms. The molecule has 112 valence electrons. The molecule has 0 spiro atoms. The van der Waals surface area contributed by atoms with Gasteiger partial charge in [0.15, 0.2) is 5.96 Å². The van der Waals surface area contributed by atoms with Gasteiger partial charge in [-0.25, -0.2) is 4.98 Å². The second-order valence-corrected chi connectivity index (χ2v) is 5.05. The molecule has 2 N–H and O–H groups in total. The molecule has 1 aromatic rings. The standard InChI is InChI=1S/C15H26N4O/c1-5-8-20-14-7-6-13(10-17-14)11-19-15(16-4)18-9-12(2)3/h6-7,10,12H,5,8-9,11H2,1-4H3,(H2,16,18,19). The SMILES string of the molecule is CCCOc1ccc(CNC(=NC)NCC(C)C)cn1. The zero-order valence-electron chi connectivity index (χ0n) is 12.9. The van der Waals surface area contributed by atoms with E-state index in [1.165, 1.54) is 0 Å². The number of aromatic nitrogens is 1. The number of nitrogens with zero attached hydrogens (tertiary/aromatic N) is 2. The number of nitrogens with one attached hydrogen (secondary N) is 2. The van der Waals surface area contributed by atoms with E-state index in [9.17, 15) is 0 Å². The third-order valence-corrected chi connectivity index (χ3v) is 2.61. The highest BCUT2D eigenvalue weighted by molar-refractivity contribution is 5.79. The maximum absolute atomic E-state index is 5.45. The van der Waals surface area contributed by atoms with Gasteiger partial charge in [0.05, 0.1) is 6.61 Å². The van der Waals surface area contributed by atoms with Crippen LogP contribution in [0.3, 0.4) is 0 Å². The Morgan fingerprint density at radius 2 is 2.15 bits per heavy atom. The number of rotatable bonds is 7. The van der Waals surface area contributed by atoms with E-state index < -0.39 is 0 Å². The van der Waals surface area contributed by atoms with Crippen molar-refractivity contribution in [1.82, 2.24) is 15.6 Å². The molecule has 0 amide bonds. The first-order valence-corrected chi connectivity index (χ1v) is 7.18. The van der Waals surface area contributed by atoms with E-state index in [2.05, 4.69) is 41.4 Å². The number of aliphatic imine (C=N–C) groups is 1. The molecular weight excluding hydrogens is 252 g/mol. The zero-order chi connectivity index (χ0) is 14.8. The molecule has 0 saturated heterocycles. The van der Waals surface area contributed by atoms with Crippen LogP contribution in [0.5, 0.6) is 5.88 Å². The van der Waals surface area contributed by atoms with Crippen LogP contribution in [0.25, 0.3) is 0 Å². The van der Waals surface area contributed by atoms with Crippen molar-refractivity contribution in [2.45, 2.75) is 33.7 Å². The van der Waals surface area contributed by atoms with Crippen LogP contribution >= 0.6 is 0 Å². The summed E-state index contributed by atoms with van der Waals surface area (Å²) in [6, 6.07) is 3.91. The molecule has 0 fully saturated rings. The smallest absolute Gasteiger partial charge is 0.213 e. The summed E-state index contributed by atoms with van der Waals surface area (Å²) in [4.78, 5) is 8.45. The van der Waals surface area contributed by atoms with E-state index in [0.29, 0.717) is 24.9 Å². The quantitative estimate of drug-likeness (QED) is 0.593. The molecule has 20 heavy (non-hydrogen) atoms. The largest absolute Gasteiger partial charge is 0.478 e. The second kappa shape index (κ2) is 9.18. The molecule has 0 radical (unpaired) electrons. The molecule has 0 bridgehead atoms. The summed E-state index contributed by atoms with van der Waals surface area (Å²) in [5.41, 5.74) is 1.10. The molecule has 5 nitrogen and oxygen atoms in total. The average Bonchev–Trinajstić information content (AvgIpc) is 2.46. The maximum Gasteiger partial charge on any atom is 0.213 e. The monoisotopic (exact) mass is 278 g/mol. The Labute approximate surface area is 121 Å². The van der Waals surface area contributed by atoms with Gasteiger partial charge in [0, 0.05) is 32.4 Å². The summed E-state index contributed by atoms with van der Waals surface area (Å²) in [7, 11) is 1.77. The summed E-state index contributed by atoms with van der Waals surface area (Å²) < 4.78 is 5.45. The minimum atomic E-state index is 0.588. The Bertz CT molecular complexity index is 401. The van der Waals surface area contributed by atoms with Crippen LogP contribution in [0, 0.1) is 5.92 Å². The Morgan fingerprint density at radius 1 is 1.35 bits per heavy atom. The zero-order valence-corrected chi connectivity index (χ0v) is 12.9. The fraction of sp³-hybridized carbons (Fsp3) is 0.600. The van der Waals surface area contributed by atoms with E-state index >= 15 is 0 Å². The molecule has 0 atom stereocenters. The van der Waals surface area contributed by atoms with Crippen LogP contribution in [-0.2, 0) is 6.54 Å². The van der Waals surface area contributed by atoms with Crippen molar-refractivity contribution in [2.24, 2.45) is 10.9 Å². The van der Waals surface area contributed by atoms with Gasteiger partial charge in [-0.05, 0) is 17.9 Å². The Balaban J connectivity index is 2.40. The summed E-state index contributed by atoms with van der Waals surface area (Å²) in [5, 5.41) is 6.53. The van der Waals surface area contributed by atoms with E-state index in [0.717, 1.165) is 24.5 Å². The molecule has 0 aliphatic carbocycles. The topological polar surface area (TPSA) is 58.5 Å². The van der Waals surface area contributed by atoms with Gasteiger partial charge in [0.2, 0.25) is 5.88 Å². The minimum Gasteiger partial charge on any atom is -0.478 e. The van der Waals surface area contributed by atoms with Gasteiger partial charge in [-0.3, -0.25) is 4.99 Å². The number of ether oxygens (including phenoxy) is 1. The third-order valence-electron chi connectivity index (χ3n) is 2.61. The first-order valence-electron chi connectivity index (χ1n) is 7.18. The van der Waals surface area contributed by atoms with E-state index in [-0.39, 0.29) is 0 Å². The summed E-state index contributed by atoms with van der Waals surface area (Å²) in [5.74, 6) is 2.08. The predicted molar refractivity (Wildman–Crippen MR) is 83.1 cm³/mol. The van der Waals surface area contributed by atoms with Crippen molar-refractivity contribution >= 4 is 5.96 Å². The highest BCUT2D eigenvalue weighted by Gasteiger charge is 2.01.